The van der Waals surface area contributed by atoms with E-state index in [1.165, 1.54) is 17.4 Å². The molecule has 25 heavy (non-hydrogen) atoms. The van der Waals surface area contributed by atoms with Crippen molar-refractivity contribution in [3.8, 4) is 0 Å². The second-order valence-corrected chi connectivity index (χ2v) is 7.00. The van der Waals surface area contributed by atoms with Crippen LogP contribution in [0, 0.1) is 0 Å². The topological polar surface area (TPSA) is 75.0 Å². The first-order valence-electron chi connectivity index (χ1n) is 7.54. The minimum Gasteiger partial charge on any atom is -0.375 e. The fourth-order valence-electron chi connectivity index (χ4n) is 2.98. The monoisotopic (exact) mass is 366 g/mol. The molecular formula is C16H13F3N4OS. The zero-order valence-electron chi connectivity index (χ0n) is 12.9. The lowest BCUT2D eigenvalue weighted by Crippen LogP contribution is -2.35. The lowest BCUT2D eigenvalue weighted by Gasteiger charge is -2.25. The summed E-state index contributed by atoms with van der Waals surface area (Å²) < 4.78 is 38.4. The third kappa shape index (κ3) is 2.84. The Morgan fingerprint density at radius 2 is 2.12 bits per heavy atom. The molecular weight excluding hydrogens is 353 g/mol. The van der Waals surface area contributed by atoms with Crippen LogP contribution < -0.4 is 5.73 Å². The molecule has 3 N–H and O–H groups in total. The van der Waals surface area contributed by atoms with Crippen molar-refractivity contribution >= 4 is 33.3 Å². The molecule has 3 aromatic rings. The van der Waals surface area contributed by atoms with Gasteiger partial charge in [-0.3, -0.25) is 4.79 Å². The third-order valence-electron chi connectivity index (χ3n) is 4.22. The van der Waals surface area contributed by atoms with Crippen LogP contribution in [0.3, 0.4) is 0 Å². The summed E-state index contributed by atoms with van der Waals surface area (Å²) in [4.78, 5) is 22.3. The van der Waals surface area contributed by atoms with E-state index < -0.39 is 11.7 Å². The number of halogens is 3. The Hall–Kier alpha value is -2.55. The predicted molar refractivity (Wildman–Crippen MR) is 88.3 cm³/mol. The minimum atomic E-state index is -4.42. The molecule has 2 aromatic heterocycles. The molecule has 130 valence electrons. The number of hydrogen-bond acceptors (Lipinski definition) is 4. The number of H-pyrrole nitrogens is 1. The molecule has 1 aliphatic heterocycles. The van der Waals surface area contributed by atoms with E-state index >= 15 is 0 Å². The number of thiazole rings is 1. The highest BCUT2D eigenvalue weighted by Gasteiger charge is 2.31. The van der Waals surface area contributed by atoms with Crippen molar-refractivity contribution in [1.82, 2.24) is 14.9 Å². The molecule has 0 bridgehead atoms. The zero-order chi connectivity index (χ0) is 17.8. The number of nitrogens with zero attached hydrogens (tertiary/aromatic N) is 2. The number of nitrogen functional groups attached to an aromatic ring is 1. The summed E-state index contributed by atoms with van der Waals surface area (Å²) >= 11 is 1.35. The van der Waals surface area contributed by atoms with Crippen molar-refractivity contribution in [1.29, 1.82) is 0 Å². The Morgan fingerprint density at radius 3 is 2.88 bits per heavy atom. The van der Waals surface area contributed by atoms with Crippen molar-refractivity contribution in [3.63, 3.8) is 0 Å². The standard InChI is InChI=1S/C16H13F3N4OS/c17-16(18,19)9-2-1-8-5-12(21-11(8)6-9)14(24)23-4-3-10-13(7-23)25-15(20)22-10/h1-2,5-6,21H,3-4,7H2,(H2,20,22). The normalized spacial score (nSPS) is 14.8. The Balaban J connectivity index is 1.62. The van der Waals surface area contributed by atoms with Crippen LogP contribution in [0.1, 0.15) is 26.6 Å². The molecule has 4 rings (SSSR count). The summed E-state index contributed by atoms with van der Waals surface area (Å²) in [6.45, 7) is 0.907. The number of rotatable bonds is 1. The maximum atomic E-state index is 12.8. The molecule has 9 heteroatoms. The van der Waals surface area contributed by atoms with E-state index in [2.05, 4.69) is 9.97 Å². The summed E-state index contributed by atoms with van der Waals surface area (Å²) in [5.41, 5.74) is 6.43. The van der Waals surface area contributed by atoms with Gasteiger partial charge >= 0.3 is 6.18 Å². The first kappa shape index (κ1) is 15.9. The van der Waals surface area contributed by atoms with Crippen molar-refractivity contribution < 1.29 is 18.0 Å². The van der Waals surface area contributed by atoms with Crippen molar-refractivity contribution in [2.75, 3.05) is 12.3 Å². The molecule has 0 fully saturated rings. The van der Waals surface area contributed by atoms with Gasteiger partial charge < -0.3 is 15.6 Å². The van der Waals surface area contributed by atoms with Crippen LogP contribution in [0.5, 0.6) is 0 Å². The maximum absolute atomic E-state index is 12.8. The summed E-state index contributed by atoms with van der Waals surface area (Å²) in [7, 11) is 0. The van der Waals surface area contributed by atoms with Crippen LogP contribution >= 0.6 is 11.3 Å². The largest absolute Gasteiger partial charge is 0.416 e. The number of benzene rings is 1. The fraction of sp³-hybridized carbons (Fsp3) is 0.250. The molecule has 1 amide bonds. The van der Waals surface area contributed by atoms with Crippen LogP contribution in [0.4, 0.5) is 18.3 Å². The van der Waals surface area contributed by atoms with Gasteiger partial charge in [0.1, 0.15) is 5.69 Å². The van der Waals surface area contributed by atoms with Gasteiger partial charge in [0.25, 0.3) is 5.91 Å². The Morgan fingerprint density at radius 1 is 1.32 bits per heavy atom. The molecule has 3 heterocycles. The van der Waals surface area contributed by atoms with Gasteiger partial charge in [0.15, 0.2) is 5.13 Å². The number of carbonyl (C=O) groups is 1. The fourth-order valence-corrected chi connectivity index (χ4v) is 3.87. The average molecular weight is 366 g/mol. The van der Waals surface area contributed by atoms with Crippen molar-refractivity contribution in [2.45, 2.75) is 19.1 Å². The van der Waals surface area contributed by atoms with Gasteiger partial charge in [0.05, 0.1) is 17.8 Å². The smallest absolute Gasteiger partial charge is 0.375 e. The third-order valence-corrected chi connectivity index (χ3v) is 5.13. The zero-order valence-corrected chi connectivity index (χ0v) is 13.7. The number of aromatic nitrogens is 2. The van der Waals surface area contributed by atoms with E-state index in [-0.39, 0.29) is 17.1 Å². The molecule has 0 aliphatic carbocycles. The molecule has 1 aliphatic rings. The Labute approximate surface area is 144 Å². The highest BCUT2D eigenvalue weighted by Crippen LogP contribution is 2.32. The van der Waals surface area contributed by atoms with Gasteiger partial charge in [-0.25, -0.2) is 4.98 Å². The maximum Gasteiger partial charge on any atom is 0.416 e. The van der Waals surface area contributed by atoms with Gasteiger partial charge in [-0.1, -0.05) is 6.07 Å². The number of alkyl halides is 3. The quantitative estimate of drug-likeness (QED) is 0.693. The van der Waals surface area contributed by atoms with Gasteiger partial charge in [-0.05, 0) is 18.2 Å². The van der Waals surface area contributed by atoms with Crippen molar-refractivity contribution in [2.24, 2.45) is 0 Å². The molecule has 0 atom stereocenters. The molecule has 5 nitrogen and oxygen atoms in total. The highest BCUT2D eigenvalue weighted by atomic mass is 32.1. The SMILES string of the molecule is Nc1nc2c(s1)CN(C(=O)c1cc3ccc(C(F)(F)F)cc3[nH]1)CC2. The summed E-state index contributed by atoms with van der Waals surface area (Å²) in [5, 5.41) is 1.04. The highest BCUT2D eigenvalue weighted by molar-refractivity contribution is 7.15. The van der Waals surface area contributed by atoms with E-state index in [9.17, 15) is 18.0 Å². The van der Waals surface area contributed by atoms with Gasteiger partial charge in [0, 0.05) is 28.7 Å². The number of anilines is 1. The van der Waals surface area contributed by atoms with Crippen LogP contribution in [0.25, 0.3) is 10.9 Å². The van der Waals surface area contributed by atoms with Crippen LogP contribution in [-0.2, 0) is 19.1 Å². The minimum absolute atomic E-state index is 0.248. The predicted octanol–water partition coefficient (Wildman–Crippen LogP) is 3.42. The number of carbonyl (C=O) groups excluding carboxylic acids is 1. The Bertz CT molecular complexity index is 976. The number of fused-ring (bicyclic) bond motifs is 2. The first-order chi connectivity index (χ1) is 11.8. The molecule has 0 unspecified atom stereocenters. The summed E-state index contributed by atoms with van der Waals surface area (Å²) in [6, 6.07) is 4.97. The average Bonchev–Trinajstić information content (AvgIpc) is 3.13. The van der Waals surface area contributed by atoms with E-state index in [1.807, 2.05) is 0 Å². The van der Waals surface area contributed by atoms with Gasteiger partial charge in [-0.2, -0.15) is 13.2 Å². The van der Waals surface area contributed by atoms with Crippen LogP contribution in [-0.4, -0.2) is 27.3 Å². The van der Waals surface area contributed by atoms with E-state index in [4.69, 9.17) is 5.73 Å². The Kier molecular flexibility index (Phi) is 3.50. The summed E-state index contributed by atoms with van der Waals surface area (Å²) in [5.74, 6) is -0.248. The van der Waals surface area contributed by atoms with E-state index in [0.717, 1.165) is 22.7 Å². The summed E-state index contributed by atoms with van der Waals surface area (Å²) in [6.07, 6.45) is -3.80. The second-order valence-electron chi connectivity index (χ2n) is 5.88. The van der Waals surface area contributed by atoms with Crippen LogP contribution in [0.2, 0.25) is 0 Å². The number of nitrogens with two attached hydrogens (primary N) is 1. The number of hydrogen-bond donors (Lipinski definition) is 2. The lowest BCUT2D eigenvalue weighted by atomic mass is 10.1. The molecule has 0 spiro atoms. The van der Waals surface area contributed by atoms with Gasteiger partial charge in [0.2, 0.25) is 0 Å². The molecule has 0 saturated carbocycles. The number of nitrogens with one attached hydrogen (secondary N) is 1. The molecule has 1 aromatic carbocycles. The number of amides is 1. The first-order valence-corrected chi connectivity index (χ1v) is 8.36. The van der Waals surface area contributed by atoms with E-state index in [1.54, 1.807) is 11.0 Å². The van der Waals surface area contributed by atoms with Gasteiger partial charge in [-0.15, -0.1) is 11.3 Å². The van der Waals surface area contributed by atoms with Crippen molar-refractivity contribution in [3.05, 3.63) is 46.1 Å². The van der Waals surface area contributed by atoms with E-state index in [0.29, 0.717) is 30.0 Å². The number of aromatic amines is 1. The lowest BCUT2D eigenvalue weighted by molar-refractivity contribution is -0.137. The van der Waals surface area contributed by atoms with Crippen LogP contribution in [0.15, 0.2) is 24.3 Å². The molecule has 0 saturated heterocycles. The molecule has 0 radical (unpaired) electrons. The second kappa shape index (κ2) is 5.48.